The summed E-state index contributed by atoms with van der Waals surface area (Å²) in [6, 6.07) is 27.1. The molecule has 0 saturated heterocycles. The van der Waals surface area contributed by atoms with Crippen molar-refractivity contribution in [3.8, 4) is 0 Å². The third kappa shape index (κ3) is 10.9. The number of nitrogens with one attached hydrogen (secondary N) is 2. The van der Waals surface area contributed by atoms with E-state index in [9.17, 15) is 14.4 Å². The van der Waals surface area contributed by atoms with Crippen LogP contribution in [0.3, 0.4) is 0 Å². The molecule has 42 heavy (non-hydrogen) atoms. The Morgan fingerprint density at radius 3 is 1.88 bits per heavy atom. The first-order valence-corrected chi connectivity index (χ1v) is 14.5. The second-order valence-corrected chi connectivity index (χ2v) is 11.6. The van der Waals surface area contributed by atoms with Crippen molar-refractivity contribution >= 4 is 23.6 Å². The lowest BCUT2D eigenvalue weighted by atomic mass is 10.00. The van der Waals surface area contributed by atoms with Crippen LogP contribution < -0.4 is 16.4 Å². The Kier molecular flexibility index (Phi) is 12.0. The van der Waals surface area contributed by atoms with Gasteiger partial charge in [0.05, 0.1) is 0 Å². The first-order valence-electron chi connectivity index (χ1n) is 14.5. The van der Waals surface area contributed by atoms with Crippen LogP contribution in [0.4, 0.5) is 10.5 Å². The number of carbonyl (C=O) groups excluding carboxylic acids is 3. The molecular formula is C34H44N4O4. The summed E-state index contributed by atoms with van der Waals surface area (Å²) in [6.45, 7) is 7.67. The third-order valence-corrected chi connectivity index (χ3v) is 6.75. The maximum absolute atomic E-state index is 14.3. The molecule has 0 heterocycles. The first kappa shape index (κ1) is 32.2. The van der Waals surface area contributed by atoms with Crippen molar-refractivity contribution in [1.29, 1.82) is 0 Å². The quantitative estimate of drug-likeness (QED) is 0.242. The van der Waals surface area contributed by atoms with Crippen molar-refractivity contribution < 1.29 is 19.1 Å². The van der Waals surface area contributed by atoms with Crippen LogP contribution in [0.25, 0.3) is 0 Å². The Hall–Kier alpha value is -4.33. The van der Waals surface area contributed by atoms with Crippen LogP contribution in [0.2, 0.25) is 0 Å². The number of amides is 3. The van der Waals surface area contributed by atoms with Gasteiger partial charge in [-0.1, -0.05) is 78.9 Å². The smallest absolute Gasteiger partial charge is 0.408 e. The lowest BCUT2D eigenvalue weighted by Gasteiger charge is -2.34. The van der Waals surface area contributed by atoms with Gasteiger partial charge < -0.3 is 26.0 Å². The van der Waals surface area contributed by atoms with Gasteiger partial charge in [0.2, 0.25) is 11.8 Å². The molecular weight excluding hydrogens is 528 g/mol. The molecule has 3 atom stereocenters. The molecule has 224 valence electrons. The number of rotatable bonds is 14. The van der Waals surface area contributed by atoms with Crippen LogP contribution in [0.5, 0.6) is 0 Å². The number of primary amides is 1. The van der Waals surface area contributed by atoms with Gasteiger partial charge in [0, 0.05) is 31.1 Å². The summed E-state index contributed by atoms with van der Waals surface area (Å²) in [5, 5.41) is 6.25. The minimum Gasteiger partial charge on any atom is -0.444 e. The number of carbonyl (C=O) groups is 3. The number of nitrogens with two attached hydrogens (primary N) is 1. The minimum atomic E-state index is -0.959. The predicted octanol–water partition coefficient (Wildman–Crippen LogP) is 5.33. The Bertz CT molecular complexity index is 1260. The fraction of sp³-hybridized carbons (Fsp3) is 0.382. The average molecular weight is 573 g/mol. The number of alkyl carbamates (subject to hydrolysis) is 1. The van der Waals surface area contributed by atoms with Gasteiger partial charge in [0.15, 0.2) is 0 Å². The van der Waals surface area contributed by atoms with E-state index in [1.807, 2.05) is 91.0 Å². The van der Waals surface area contributed by atoms with Gasteiger partial charge in [-0.3, -0.25) is 9.59 Å². The highest BCUT2D eigenvalue weighted by molar-refractivity contribution is 5.91. The molecule has 3 aromatic rings. The second-order valence-electron chi connectivity index (χ2n) is 11.6. The van der Waals surface area contributed by atoms with Crippen LogP contribution in [0.1, 0.15) is 51.7 Å². The standard InChI is InChI=1S/C34H44N4O4/c1-25(36-28-20-12-7-13-21-28)15-14-22-38(30(31(35)39)24-27-18-10-6-11-19-27)32(40)29(23-26-16-8-5-9-17-26)37-33(41)42-34(2,3)4/h5-13,16-21,25,29-30,36H,14-15,22-24H2,1-4H3,(H2,35,39)(H,37,41)/t25?,29-,30-/m0/s1. The molecule has 0 spiro atoms. The summed E-state index contributed by atoms with van der Waals surface area (Å²) in [7, 11) is 0. The zero-order chi connectivity index (χ0) is 30.5. The molecule has 1 unspecified atom stereocenters. The van der Waals surface area contributed by atoms with Crippen LogP contribution in [-0.4, -0.2) is 53.1 Å². The van der Waals surface area contributed by atoms with E-state index in [1.165, 1.54) is 4.90 Å². The lowest BCUT2D eigenvalue weighted by Crippen LogP contribution is -2.57. The van der Waals surface area contributed by atoms with E-state index in [1.54, 1.807) is 20.8 Å². The first-order chi connectivity index (χ1) is 20.0. The number of ether oxygens (including phenoxy) is 1. The highest BCUT2D eigenvalue weighted by atomic mass is 16.6. The molecule has 3 rings (SSSR count). The second kappa shape index (κ2) is 15.6. The van der Waals surface area contributed by atoms with Crippen molar-refractivity contribution in [3.63, 3.8) is 0 Å². The molecule has 0 radical (unpaired) electrons. The molecule has 8 heteroatoms. The monoisotopic (exact) mass is 572 g/mol. The largest absolute Gasteiger partial charge is 0.444 e. The molecule has 3 aromatic carbocycles. The Labute approximate surface area is 249 Å². The maximum Gasteiger partial charge on any atom is 0.408 e. The SMILES string of the molecule is CC(CCCN(C(=O)[C@H](Cc1ccccc1)NC(=O)OC(C)(C)C)[C@@H](Cc1ccccc1)C(N)=O)Nc1ccccc1. The third-order valence-electron chi connectivity index (χ3n) is 6.75. The van der Waals surface area contributed by atoms with Crippen LogP contribution in [-0.2, 0) is 27.2 Å². The number of anilines is 1. The predicted molar refractivity (Wildman–Crippen MR) is 167 cm³/mol. The molecule has 0 aliphatic rings. The van der Waals surface area contributed by atoms with Gasteiger partial charge in [-0.25, -0.2) is 4.79 Å². The van der Waals surface area contributed by atoms with Crippen molar-refractivity contribution in [1.82, 2.24) is 10.2 Å². The number of benzene rings is 3. The molecule has 0 aromatic heterocycles. The van der Waals surface area contributed by atoms with E-state index in [0.717, 1.165) is 23.2 Å². The zero-order valence-corrected chi connectivity index (χ0v) is 25.1. The van der Waals surface area contributed by atoms with E-state index in [4.69, 9.17) is 10.5 Å². The van der Waals surface area contributed by atoms with E-state index < -0.39 is 29.7 Å². The minimum absolute atomic E-state index is 0.130. The van der Waals surface area contributed by atoms with Crippen molar-refractivity contribution in [2.45, 2.75) is 77.1 Å². The fourth-order valence-corrected chi connectivity index (χ4v) is 4.78. The van der Waals surface area contributed by atoms with Crippen molar-refractivity contribution in [2.75, 3.05) is 11.9 Å². The highest BCUT2D eigenvalue weighted by Crippen LogP contribution is 2.17. The maximum atomic E-state index is 14.3. The summed E-state index contributed by atoms with van der Waals surface area (Å²) >= 11 is 0. The van der Waals surface area contributed by atoms with Crippen molar-refractivity contribution in [2.24, 2.45) is 5.73 Å². The molecule has 0 aliphatic carbocycles. The lowest BCUT2D eigenvalue weighted by molar-refractivity contribution is -0.141. The van der Waals surface area contributed by atoms with Gasteiger partial charge in [0.1, 0.15) is 17.7 Å². The summed E-state index contributed by atoms with van der Waals surface area (Å²) in [5.74, 6) is -0.980. The Balaban J connectivity index is 1.86. The number of hydrogen-bond donors (Lipinski definition) is 3. The van der Waals surface area contributed by atoms with Crippen molar-refractivity contribution in [3.05, 3.63) is 102 Å². The average Bonchev–Trinajstić information content (AvgIpc) is 2.94. The molecule has 0 saturated carbocycles. The van der Waals surface area contributed by atoms with Crippen LogP contribution >= 0.6 is 0 Å². The fourth-order valence-electron chi connectivity index (χ4n) is 4.78. The molecule has 8 nitrogen and oxygen atoms in total. The van der Waals surface area contributed by atoms with Gasteiger partial charge in [0.25, 0.3) is 0 Å². The van der Waals surface area contributed by atoms with Gasteiger partial charge in [-0.15, -0.1) is 0 Å². The highest BCUT2D eigenvalue weighted by Gasteiger charge is 2.34. The Morgan fingerprint density at radius 1 is 0.833 bits per heavy atom. The number of hydrogen-bond acceptors (Lipinski definition) is 5. The van der Waals surface area contributed by atoms with E-state index in [0.29, 0.717) is 13.0 Å². The van der Waals surface area contributed by atoms with Gasteiger partial charge in [-0.05, 0) is 63.8 Å². The molecule has 0 aliphatic heterocycles. The van der Waals surface area contributed by atoms with Gasteiger partial charge in [-0.2, -0.15) is 0 Å². The summed E-state index contributed by atoms with van der Waals surface area (Å²) < 4.78 is 5.49. The van der Waals surface area contributed by atoms with E-state index in [2.05, 4.69) is 17.6 Å². The molecule has 4 N–H and O–H groups in total. The molecule has 0 fully saturated rings. The van der Waals surface area contributed by atoms with Crippen LogP contribution in [0, 0.1) is 0 Å². The normalized spacial score (nSPS) is 13.3. The topological polar surface area (TPSA) is 114 Å². The number of nitrogens with zero attached hydrogens (tertiary/aromatic N) is 1. The summed E-state index contributed by atoms with van der Waals surface area (Å²) in [6.07, 6.45) is 1.17. The Morgan fingerprint density at radius 2 is 1.36 bits per heavy atom. The summed E-state index contributed by atoms with van der Waals surface area (Å²) in [5.41, 5.74) is 7.97. The van der Waals surface area contributed by atoms with E-state index in [-0.39, 0.29) is 24.8 Å². The zero-order valence-electron chi connectivity index (χ0n) is 25.1. The van der Waals surface area contributed by atoms with Crippen LogP contribution in [0.15, 0.2) is 91.0 Å². The van der Waals surface area contributed by atoms with Gasteiger partial charge >= 0.3 is 6.09 Å². The van der Waals surface area contributed by atoms with E-state index >= 15 is 0 Å². The number of para-hydroxylation sites is 1. The molecule has 0 bridgehead atoms. The summed E-state index contributed by atoms with van der Waals surface area (Å²) in [4.78, 5) is 41.6. The molecule has 3 amide bonds.